The fourth-order valence-electron chi connectivity index (χ4n) is 3.07. The molecule has 0 spiro atoms. The lowest BCUT2D eigenvalue weighted by atomic mass is 9.85. The molecule has 0 unspecified atom stereocenters. The Kier molecular flexibility index (Phi) is 6.51. The minimum Gasteiger partial charge on any atom is -0.480 e. The minimum absolute atomic E-state index is 0.0123. The van der Waals surface area contributed by atoms with Crippen molar-refractivity contribution in [1.29, 1.82) is 0 Å². The maximum absolute atomic E-state index is 12.0. The van der Waals surface area contributed by atoms with E-state index in [0.717, 1.165) is 12.8 Å². The van der Waals surface area contributed by atoms with Crippen molar-refractivity contribution in [3.05, 3.63) is 33.9 Å². The van der Waals surface area contributed by atoms with E-state index in [0.29, 0.717) is 12.2 Å². The van der Waals surface area contributed by atoms with Crippen molar-refractivity contribution in [2.45, 2.75) is 38.8 Å². The minimum atomic E-state index is -0.849. The summed E-state index contributed by atoms with van der Waals surface area (Å²) in [7, 11) is 0. The first kappa shape index (κ1) is 19.6. The predicted molar refractivity (Wildman–Crippen MR) is 94.4 cm³/mol. The highest BCUT2D eigenvalue weighted by atomic mass is 16.6. The lowest BCUT2D eigenvalue weighted by molar-refractivity contribution is -0.385. The number of carbonyl (C=O) groups excluding carboxylic acids is 1. The van der Waals surface area contributed by atoms with Gasteiger partial charge in [0.25, 0.3) is 5.69 Å². The zero-order valence-corrected chi connectivity index (χ0v) is 14.8. The average molecular weight is 365 g/mol. The lowest BCUT2D eigenvalue weighted by Crippen LogP contribution is -2.51. The van der Waals surface area contributed by atoms with Gasteiger partial charge in [0.05, 0.1) is 18.1 Å². The summed E-state index contributed by atoms with van der Waals surface area (Å²) in [4.78, 5) is 35.2. The van der Waals surface area contributed by atoms with Crippen LogP contribution in [-0.4, -0.2) is 58.6 Å². The van der Waals surface area contributed by atoms with Gasteiger partial charge in [-0.15, -0.1) is 0 Å². The molecule has 0 atom stereocenters. The highest BCUT2D eigenvalue weighted by Crippen LogP contribution is 2.30. The topological polar surface area (TPSA) is 122 Å². The van der Waals surface area contributed by atoms with Crippen LogP contribution in [0.25, 0.3) is 0 Å². The number of ether oxygens (including phenoxy) is 1. The van der Waals surface area contributed by atoms with Gasteiger partial charge >= 0.3 is 11.9 Å². The van der Waals surface area contributed by atoms with Gasteiger partial charge in [0.15, 0.2) is 0 Å². The van der Waals surface area contributed by atoms with Crippen molar-refractivity contribution in [2.24, 2.45) is 0 Å². The molecule has 0 saturated heterocycles. The van der Waals surface area contributed by atoms with Crippen molar-refractivity contribution < 1.29 is 24.4 Å². The highest BCUT2D eigenvalue weighted by molar-refractivity contribution is 5.95. The Hall–Kier alpha value is -2.68. The second-order valence-corrected chi connectivity index (χ2v) is 6.13. The number of carboxylic acids is 1. The third kappa shape index (κ3) is 4.69. The summed E-state index contributed by atoms with van der Waals surface area (Å²) in [5.74, 6) is -1.58. The molecule has 26 heavy (non-hydrogen) atoms. The van der Waals surface area contributed by atoms with Gasteiger partial charge in [0.1, 0.15) is 5.56 Å². The first-order valence-electron chi connectivity index (χ1n) is 8.53. The van der Waals surface area contributed by atoms with Crippen molar-refractivity contribution in [3.63, 3.8) is 0 Å². The van der Waals surface area contributed by atoms with Gasteiger partial charge < -0.3 is 15.2 Å². The predicted octanol–water partition coefficient (Wildman–Crippen LogP) is 2.12. The normalized spacial score (nSPS) is 18.9. The van der Waals surface area contributed by atoms with Gasteiger partial charge in [-0.2, -0.15) is 0 Å². The molecular formula is C17H23N3O6. The lowest BCUT2D eigenvalue weighted by Gasteiger charge is -2.42. The molecule has 1 fully saturated rings. The molecule has 0 amide bonds. The summed E-state index contributed by atoms with van der Waals surface area (Å²) < 4.78 is 4.89. The van der Waals surface area contributed by atoms with Gasteiger partial charge in [-0.3, -0.25) is 19.8 Å². The number of hydrogen-bond donors (Lipinski definition) is 2. The molecule has 0 bridgehead atoms. The Morgan fingerprint density at radius 3 is 2.62 bits per heavy atom. The third-order valence-electron chi connectivity index (χ3n) is 4.43. The SMILES string of the molecule is CCOC(=O)c1cc(NC2CC(N(CC)CC(=O)O)C2)ccc1[N+](=O)[O-]. The van der Waals surface area contributed by atoms with Crippen molar-refractivity contribution in [2.75, 3.05) is 25.0 Å². The van der Waals surface area contributed by atoms with E-state index in [1.807, 2.05) is 11.8 Å². The van der Waals surface area contributed by atoms with Crippen molar-refractivity contribution >= 4 is 23.3 Å². The van der Waals surface area contributed by atoms with E-state index in [1.54, 1.807) is 13.0 Å². The van der Waals surface area contributed by atoms with E-state index in [4.69, 9.17) is 9.84 Å². The smallest absolute Gasteiger partial charge is 0.345 e. The molecule has 1 aliphatic rings. The molecule has 9 heteroatoms. The quantitative estimate of drug-likeness (QED) is 0.388. The molecule has 2 rings (SSSR count). The van der Waals surface area contributed by atoms with Crippen LogP contribution in [-0.2, 0) is 9.53 Å². The molecule has 1 aromatic rings. The fourth-order valence-corrected chi connectivity index (χ4v) is 3.07. The summed E-state index contributed by atoms with van der Waals surface area (Å²) >= 11 is 0. The van der Waals surface area contributed by atoms with E-state index >= 15 is 0 Å². The maximum atomic E-state index is 12.0. The van der Waals surface area contributed by atoms with E-state index in [-0.39, 0.29) is 36.5 Å². The van der Waals surface area contributed by atoms with Crippen LogP contribution in [0, 0.1) is 10.1 Å². The van der Waals surface area contributed by atoms with Gasteiger partial charge in [-0.1, -0.05) is 6.92 Å². The zero-order valence-electron chi connectivity index (χ0n) is 14.8. The maximum Gasteiger partial charge on any atom is 0.345 e. The van der Waals surface area contributed by atoms with Crippen LogP contribution < -0.4 is 5.32 Å². The van der Waals surface area contributed by atoms with Crippen LogP contribution >= 0.6 is 0 Å². The van der Waals surface area contributed by atoms with Crippen LogP contribution in [0.2, 0.25) is 0 Å². The van der Waals surface area contributed by atoms with Crippen LogP contribution in [0.4, 0.5) is 11.4 Å². The average Bonchev–Trinajstić information content (AvgIpc) is 2.55. The Labute approximate surface area is 151 Å². The number of aliphatic carboxylic acids is 1. The summed E-state index contributed by atoms with van der Waals surface area (Å²) in [6.45, 7) is 4.36. The van der Waals surface area contributed by atoms with Gasteiger partial charge in [-0.25, -0.2) is 4.79 Å². The number of benzene rings is 1. The molecule has 0 aromatic heterocycles. The number of rotatable bonds is 9. The second kappa shape index (κ2) is 8.61. The summed E-state index contributed by atoms with van der Waals surface area (Å²) in [5.41, 5.74) is 0.223. The standard InChI is InChI=1S/C17H23N3O6/c1-3-19(10-16(21)22)13-7-12(8-13)18-11-5-6-15(20(24)25)14(9-11)17(23)26-4-2/h5-6,9,12-13,18H,3-4,7-8,10H2,1-2H3,(H,21,22). The Morgan fingerprint density at radius 1 is 1.38 bits per heavy atom. The van der Waals surface area contributed by atoms with Crippen molar-refractivity contribution in [1.82, 2.24) is 4.90 Å². The summed E-state index contributed by atoms with van der Waals surface area (Å²) in [6.07, 6.45) is 1.54. The third-order valence-corrected chi connectivity index (χ3v) is 4.43. The molecule has 0 heterocycles. The molecule has 142 valence electrons. The largest absolute Gasteiger partial charge is 0.480 e. The molecule has 2 N–H and O–H groups in total. The molecule has 9 nitrogen and oxygen atoms in total. The van der Waals surface area contributed by atoms with Crippen molar-refractivity contribution in [3.8, 4) is 0 Å². The van der Waals surface area contributed by atoms with E-state index in [1.165, 1.54) is 12.1 Å². The van der Waals surface area contributed by atoms with E-state index in [9.17, 15) is 19.7 Å². The number of carbonyl (C=O) groups is 2. The number of hydrogen-bond acceptors (Lipinski definition) is 7. The molecule has 0 aliphatic heterocycles. The van der Waals surface area contributed by atoms with Gasteiger partial charge in [0, 0.05) is 23.8 Å². The molecule has 1 saturated carbocycles. The summed E-state index contributed by atoms with van der Waals surface area (Å²) in [6, 6.07) is 4.59. The van der Waals surface area contributed by atoms with E-state index in [2.05, 4.69) is 5.32 Å². The summed E-state index contributed by atoms with van der Waals surface area (Å²) in [5, 5.41) is 23.3. The Bertz CT molecular complexity index is 687. The number of likely N-dealkylation sites (N-methyl/N-ethyl adjacent to an activating group) is 1. The first-order chi connectivity index (χ1) is 12.3. The number of anilines is 1. The van der Waals surface area contributed by atoms with Crippen LogP contribution in [0.15, 0.2) is 18.2 Å². The number of carboxylic acid groups (broad SMARTS) is 1. The van der Waals surface area contributed by atoms with Crippen LogP contribution in [0.1, 0.15) is 37.0 Å². The number of nitro groups is 1. The fraction of sp³-hybridized carbons (Fsp3) is 0.529. The Balaban J connectivity index is 2.03. The molecular weight excluding hydrogens is 342 g/mol. The zero-order chi connectivity index (χ0) is 19.3. The molecule has 0 radical (unpaired) electrons. The Morgan fingerprint density at radius 2 is 2.08 bits per heavy atom. The monoisotopic (exact) mass is 365 g/mol. The highest BCUT2D eigenvalue weighted by Gasteiger charge is 2.34. The van der Waals surface area contributed by atoms with Gasteiger partial charge in [-0.05, 0) is 38.4 Å². The van der Waals surface area contributed by atoms with Gasteiger partial charge in [0.2, 0.25) is 0 Å². The number of esters is 1. The molecule has 1 aromatic carbocycles. The second-order valence-electron chi connectivity index (χ2n) is 6.13. The number of nitro benzene ring substituents is 1. The number of nitrogens with one attached hydrogen (secondary N) is 1. The van der Waals surface area contributed by atoms with Crippen LogP contribution in [0.5, 0.6) is 0 Å². The van der Waals surface area contributed by atoms with E-state index < -0.39 is 16.9 Å². The first-order valence-corrected chi connectivity index (χ1v) is 8.53. The van der Waals surface area contributed by atoms with Crippen LogP contribution in [0.3, 0.4) is 0 Å². The molecule has 1 aliphatic carbocycles. The number of nitrogens with zero attached hydrogens (tertiary/aromatic N) is 2.